The number of benzene rings is 2. The number of hydrogen-bond acceptors (Lipinski definition) is 2. The van der Waals surface area contributed by atoms with Crippen molar-refractivity contribution in [2.45, 2.75) is 19.1 Å². The summed E-state index contributed by atoms with van der Waals surface area (Å²) in [5.74, 6) is -0.613. The fraction of sp³-hybridized carbons (Fsp3) is 0.188. The van der Waals surface area contributed by atoms with Gasteiger partial charge in [0.1, 0.15) is 6.04 Å². The molecule has 2 aromatic carbocycles. The van der Waals surface area contributed by atoms with Gasteiger partial charge in [-0.25, -0.2) is 0 Å². The number of anilines is 2. The maximum atomic E-state index is 13.0. The van der Waals surface area contributed by atoms with Gasteiger partial charge in [-0.1, -0.05) is 23.2 Å². The van der Waals surface area contributed by atoms with Gasteiger partial charge in [-0.3, -0.25) is 4.79 Å². The summed E-state index contributed by atoms with van der Waals surface area (Å²) < 4.78 is 39.1. The molecule has 0 heterocycles. The first-order valence-corrected chi connectivity index (χ1v) is 7.62. The molecule has 8 heteroatoms. The molecular weight excluding hydrogens is 364 g/mol. The Morgan fingerprint density at radius 3 is 2.21 bits per heavy atom. The molecule has 0 bridgehead atoms. The van der Waals surface area contributed by atoms with Gasteiger partial charge in [0.25, 0.3) is 0 Å². The van der Waals surface area contributed by atoms with Gasteiger partial charge < -0.3 is 10.6 Å². The second kappa shape index (κ2) is 7.32. The monoisotopic (exact) mass is 376 g/mol. The number of halogens is 5. The zero-order chi connectivity index (χ0) is 17.9. The van der Waals surface area contributed by atoms with Crippen molar-refractivity contribution in [2.24, 2.45) is 0 Å². The van der Waals surface area contributed by atoms with E-state index < -0.39 is 23.7 Å². The highest BCUT2D eigenvalue weighted by atomic mass is 35.5. The fourth-order valence-corrected chi connectivity index (χ4v) is 2.26. The molecular formula is C16H13Cl2F3N2O. The van der Waals surface area contributed by atoms with Crippen LogP contribution in [0.2, 0.25) is 10.0 Å². The van der Waals surface area contributed by atoms with E-state index in [-0.39, 0.29) is 10.7 Å². The minimum absolute atomic E-state index is 0.0624. The van der Waals surface area contributed by atoms with Crippen LogP contribution < -0.4 is 10.6 Å². The van der Waals surface area contributed by atoms with E-state index in [2.05, 4.69) is 10.6 Å². The lowest BCUT2D eigenvalue weighted by Crippen LogP contribution is -2.32. The third kappa shape index (κ3) is 4.79. The Labute approximate surface area is 146 Å². The highest BCUT2D eigenvalue weighted by molar-refractivity contribution is 6.31. The van der Waals surface area contributed by atoms with E-state index in [0.717, 1.165) is 12.1 Å². The van der Waals surface area contributed by atoms with E-state index in [9.17, 15) is 18.0 Å². The topological polar surface area (TPSA) is 41.1 Å². The van der Waals surface area contributed by atoms with Gasteiger partial charge >= 0.3 is 6.18 Å². The number of carbonyl (C=O) groups excluding carboxylic acids is 1. The van der Waals surface area contributed by atoms with Crippen molar-refractivity contribution in [1.82, 2.24) is 0 Å². The van der Waals surface area contributed by atoms with Crippen molar-refractivity contribution in [3.05, 3.63) is 58.1 Å². The SMILES string of the molecule is CC(Nc1ccc(Cl)cc1)C(=O)Nc1ccc(Cl)cc1C(F)(F)F. The molecule has 3 nitrogen and oxygen atoms in total. The van der Waals surface area contributed by atoms with Gasteiger partial charge in [0.05, 0.1) is 11.3 Å². The molecule has 0 saturated carbocycles. The maximum Gasteiger partial charge on any atom is 0.418 e. The van der Waals surface area contributed by atoms with Crippen LogP contribution in [0.4, 0.5) is 24.5 Å². The minimum atomic E-state index is -4.62. The Bertz CT molecular complexity index is 733. The molecule has 0 aliphatic heterocycles. The number of rotatable bonds is 4. The van der Waals surface area contributed by atoms with Gasteiger partial charge in [-0.2, -0.15) is 13.2 Å². The molecule has 24 heavy (non-hydrogen) atoms. The second-order valence-electron chi connectivity index (χ2n) is 5.05. The first kappa shape index (κ1) is 18.4. The number of nitrogens with one attached hydrogen (secondary N) is 2. The van der Waals surface area contributed by atoms with Crippen molar-refractivity contribution in [2.75, 3.05) is 10.6 Å². The number of alkyl halides is 3. The molecule has 128 valence electrons. The molecule has 0 aliphatic carbocycles. The van der Waals surface area contributed by atoms with Crippen LogP contribution >= 0.6 is 23.2 Å². The van der Waals surface area contributed by atoms with Crippen molar-refractivity contribution in [1.29, 1.82) is 0 Å². The van der Waals surface area contributed by atoms with Crippen LogP contribution in [0.3, 0.4) is 0 Å². The molecule has 0 saturated heterocycles. The van der Waals surface area contributed by atoms with Crippen LogP contribution in [0.1, 0.15) is 12.5 Å². The Morgan fingerprint density at radius 2 is 1.62 bits per heavy atom. The Morgan fingerprint density at radius 1 is 1.04 bits per heavy atom. The van der Waals surface area contributed by atoms with Gasteiger partial charge in [-0.05, 0) is 49.4 Å². The third-order valence-corrected chi connectivity index (χ3v) is 3.65. The first-order valence-electron chi connectivity index (χ1n) is 6.86. The first-order chi connectivity index (χ1) is 11.2. The summed E-state index contributed by atoms with van der Waals surface area (Å²) in [6, 6.07) is 9.01. The van der Waals surface area contributed by atoms with Gasteiger partial charge in [0, 0.05) is 15.7 Å². The van der Waals surface area contributed by atoms with Crippen LogP contribution in [0, 0.1) is 0 Å². The Balaban J connectivity index is 2.13. The second-order valence-corrected chi connectivity index (χ2v) is 5.92. The molecule has 0 aromatic heterocycles. The lowest BCUT2D eigenvalue weighted by molar-refractivity contribution is -0.137. The quantitative estimate of drug-likeness (QED) is 0.744. The van der Waals surface area contributed by atoms with Crippen molar-refractivity contribution >= 4 is 40.5 Å². The van der Waals surface area contributed by atoms with E-state index in [1.54, 1.807) is 24.3 Å². The molecule has 1 amide bonds. The van der Waals surface area contributed by atoms with Crippen LogP contribution in [0.25, 0.3) is 0 Å². The highest BCUT2D eigenvalue weighted by Gasteiger charge is 2.34. The van der Waals surface area contributed by atoms with Gasteiger partial charge in [0.2, 0.25) is 5.91 Å². The van der Waals surface area contributed by atoms with Crippen LogP contribution in [0.15, 0.2) is 42.5 Å². The highest BCUT2D eigenvalue weighted by Crippen LogP contribution is 2.36. The average molecular weight is 377 g/mol. The normalized spacial score (nSPS) is 12.6. The summed E-state index contributed by atoms with van der Waals surface area (Å²) in [6.07, 6.45) is -4.62. The van der Waals surface area contributed by atoms with E-state index in [4.69, 9.17) is 23.2 Å². The smallest absolute Gasteiger partial charge is 0.374 e. The molecule has 0 spiro atoms. The van der Waals surface area contributed by atoms with E-state index >= 15 is 0 Å². The largest absolute Gasteiger partial charge is 0.418 e. The van der Waals surface area contributed by atoms with Crippen LogP contribution in [-0.2, 0) is 11.0 Å². The van der Waals surface area contributed by atoms with E-state index in [1.165, 1.54) is 13.0 Å². The molecule has 0 aliphatic rings. The van der Waals surface area contributed by atoms with Crippen molar-refractivity contribution < 1.29 is 18.0 Å². The molecule has 1 atom stereocenters. The molecule has 0 radical (unpaired) electrons. The Hall–Kier alpha value is -1.92. The summed E-state index contributed by atoms with van der Waals surface area (Å²) in [5, 5.41) is 5.62. The molecule has 2 aromatic rings. The lowest BCUT2D eigenvalue weighted by atomic mass is 10.1. The zero-order valence-electron chi connectivity index (χ0n) is 12.4. The zero-order valence-corrected chi connectivity index (χ0v) is 13.9. The summed E-state index contributed by atoms with van der Waals surface area (Å²) >= 11 is 11.4. The van der Waals surface area contributed by atoms with Crippen LogP contribution in [0.5, 0.6) is 0 Å². The number of amides is 1. The standard InChI is InChI=1S/C16H13Cl2F3N2O/c1-9(22-12-5-2-10(17)3-6-12)15(24)23-14-7-4-11(18)8-13(14)16(19,20)21/h2-9,22H,1H3,(H,23,24). The van der Waals surface area contributed by atoms with E-state index in [1.807, 2.05) is 0 Å². The van der Waals surface area contributed by atoms with Crippen LogP contribution in [-0.4, -0.2) is 11.9 Å². The molecule has 2 N–H and O–H groups in total. The van der Waals surface area contributed by atoms with Crippen molar-refractivity contribution in [3.8, 4) is 0 Å². The average Bonchev–Trinajstić information content (AvgIpc) is 2.50. The maximum absolute atomic E-state index is 13.0. The minimum Gasteiger partial charge on any atom is -0.374 e. The Kier molecular flexibility index (Phi) is 5.62. The third-order valence-electron chi connectivity index (χ3n) is 3.17. The van der Waals surface area contributed by atoms with E-state index in [0.29, 0.717) is 10.7 Å². The molecule has 2 rings (SSSR count). The fourth-order valence-electron chi connectivity index (χ4n) is 1.96. The number of carbonyl (C=O) groups is 1. The van der Waals surface area contributed by atoms with Gasteiger partial charge in [0.15, 0.2) is 0 Å². The summed E-state index contributed by atoms with van der Waals surface area (Å²) in [5.41, 5.74) is -0.724. The molecule has 0 fully saturated rings. The number of hydrogen-bond donors (Lipinski definition) is 2. The summed E-state index contributed by atoms with van der Waals surface area (Å²) in [4.78, 5) is 12.1. The summed E-state index contributed by atoms with van der Waals surface area (Å²) in [6.45, 7) is 1.53. The molecule has 1 unspecified atom stereocenters. The summed E-state index contributed by atoms with van der Waals surface area (Å²) in [7, 11) is 0. The van der Waals surface area contributed by atoms with Gasteiger partial charge in [-0.15, -0.1) is 0 Å². The predicted octanol–water partition coefficient (Wildman–Crippen LogP) is 5.45. The van der Waals surface area contributed by atoms with Crippen molar-refractivity contribution in [3.63, 3.8) is 0 Å². The predicted molar refractivity (Wildman–Crippen MR) is 89.6 cm³/mol. The lowest BCUT2D eigenvalue weighted by Gasteiger charge is -2.18.